The van der Waals surface area contributed by atoms with Crippen LogP contribution in [-0.2, 0) is 29.4 Å². The van der Waals surface area contributed by atoms with Crippen molar-refractivity contribution in [2.45, 2.75) is 37.0 Å². The monoisotopic (exact) mass is 615 g/mol. The SMILES string of the molecule is O=C(O)CCCN1C(=O)C2CC=C3C(CC4C(=O)C(c5ccccc5)=CC(=O)C4(c4ccccc4)C3c3ccc(O)cc3)C2C1=O. The third-order valence-corrected chi connectivity index (χ3v) is 10.5. The van der Waals surface area contributed by atoms with Gasteiger partial charge < -0.3 is 10.2 Å². The lowest BCUT2D eigenvalue weighted by Crippen LogP contribution is -2.58. The topological polar surface area (TPSA) is 129 Å². The highest BCUT2D eigenvalue weighted by Gasteiger charge is 2.65. The predicted molar refractivity (Wildman–Crippen MR) is 168 cm³/mol. The van der Waals surface area contributed by atoms with Crippen molar-refractivity contribution in [3.05, 3.63) is 119 Å². The number of aliphatic carboxylic acids is 1. The molecule has 0 aromatic heterocycles. The molecule has 7 rings (SSSR count). The summed E-state index contributed by atoms with van der Waals surface area (Å²) < 4.78 is 0. The maximum Gasteiger partial charge on any atom is 0.303 e. The predicted octanol–water partition coefficient (Wildman–Crippen LogP) is 5.08. The number of carboxylic acid groups (broad SMARTS) is 1. The zero-order valence-electron chi connectivity index (χ0n) is 25.0. The third-order valence-electron chi connectivity index (χ3n) is 10.5. The number of carboxylic acids is 1. The molecule has 3 aliphatic carbocycles. The van der Waals surface area contributed by atoms with Crippen LogP contribution in [-0.4, -0.2) is 51.0 Å². The van der Waals surface area contributed by atoms with Crippen LogP contribution in [0.1, 0.15) is 48.3 Å². The first-order chi connectivity index (χ1) is 22.2. The Morgan fingerprint density at radius 3 is 2.20 bits per heavy atom. The van der Waals surface area contributed by atoms with Crippen LogP contribution in [0.25, 0.3) is 5.57 Å². The molecule has 1 saturated heterocycles. The minimum absolute atomic E-state index is 0.0239. The molecular formula is C38H33NO7. The standard InChI is InChI=1S/C38H33NO7/c40-25-15-13-23(14-16-25)34-26-17-18-27-33(37(46)39(36(27)45)19-7-12-32(42)43)29(26)20-30-35(44)28(22-8-3-1-4-9-22)21-31(41)38(30,34)24-10-5-2-6-11-24/h1-6,8-11,13-17,21,27,29-30,33-34,40H,7,12,18-20H2,(H,42,43). The average Bonchev–Trinajstić information content (AvgIpc) is 3.31. The summed E-state index contributed by atoms with van der Waals surface area (Å²) in [7, 11) is 0. The number of hydrogen-bond donors (Lipinski definition) is 2. The van der Waals surface area contributed by atoms with Gasteiger partial charge in [0, 0.05) is 30.4 Å². The van der Waals surface area contributed by atoms with Crippen LogP contribution < -0.4 is 0 Å². The number of aromatic hydroxyl groups is 1. The van der Waals surface area contributed by atoms with Crippen LogP contribution in [0.5, 0.6) is 5.75 Å². The van der Waals surface area contributed by atoms with E-state index in [4.69, 9.17) is 5.11 Å². The fourth-order valence-corrected chi connectivity index (χ4v) is 8.59. The van der Waals surface area contributed by atoms with Gasteiger partial charge in [-0.05, 0) is 60.1 Å². The molecule has 46 heavy (non-hydrogen) atoms. The smallest absolute Gasteiger partial charge is 0.303 e. The Bertz CT molecular complexity index is 1810. The van der Waals surface area contributed by atoms with Gasteiger partial charge in [-0.3, -0.25) is 28.9 Å². The Balaban J connectivity index is 1.42. The summed E-state index contributed by atoms with van der Waals surface area (Å²) in [5.41, 5.74) is 1.92. The highest BCUT2D eigenvalue weighted by Crippen LogP contribution is 2.63. The zero-order valence-corrected chi connectivity index (χ0v) is 25.0. The largest absolute Gasteiger partial charge is 0.508 e. The molecule has 232 valence electrons. The van der Waals surface area contributed by atoms with E-state index in [0.29, 0.717) is 23.1 Å². The number of likely N-dealkylation sites (tertiary alicyclic amines) is 1. The summed E-state index contributed by atoms with van der Waals surface area (Å²) in [6.07, 6.45) is 3.97. The number of nitrogens with zero attached hydrogens (tertiary/aromatic N) is 1. The average molecular weight is 616 g/mol. The van der Waals surface area contributed by atoms with Crippen LogP contribution >= 0.6 is 0 Å². The van der Waals surface area contributed by atoms with Gasteiger partial charge >= 0.3 is 5.97 Å². The summed E-state index contributed by atoms with van der Waals surface area (Å²) in [5.74, 6) is -5.30. The number of carbonyl (C=O) groups excluding carboxylic acids is 4. The molecule has 6 atom stereocenters. The lowest BCUT2D eigenvalue weighted by Gasteiger charge is -2.55. The molecule has 0 radical (unpaired) electrons. The normalized spacial score (nSPS) is 28.6. The van der Waals surface area contributed by atoms with Gasteiger partial charge in [-0.1, -0.05) is 84.4 Å². The van der Waals surface area contributed by atoms with E-state index >= 15 is 0 Å². The van der Waals surface area contributed by atoms with E-state index in [1.54, 1.807) is 24.3 Å². The van der Waals surface area contributed by atoms with Gasteiger partial charge in [0.1, 0.15) is 5.75 Å². The van der Waals surface area contributed by atoms with E-state index in [1.807, 2.05) is 66.7 Å². The van der Waals surface area contributed by atoms with E-state index in [1.165, 1.54) is 11.0 Å². The van der Waals surface area contributed by atoms with Crippen molar-refractivity contribution in [1.82, 2.24) is 4.90 Å². The molecule has 6 unspecified atom stereocenters. The first-order valence-electron chi connectivity index (χ1n) is 15.7. The van der Waals surface area contributed by atoms with Gasteiger partial charge in [0.05, 0.1) is 17.3 Å². The summed E-state index contributed by atoms with van der Waals surface area (Å²) in [4.78, 5) is 69.7. The molecule has 2 amide bonds. The molecule has 1 heterocycles. The third kappa shape index (κ3) is 4.46. The van der Waals surface area contributed by atoms with Crippen molar-refractivity contribution in [3.8, 4) is 5.75 Å². The molecule has 2 N–H and O–H groups in total. The van der Waals surface area contributed by atoms with E-state index in [2.05, 4.69) is 0 Å². The van der Waals surface area contributed by atoms with Gasteiger partial charge in [-0.25, -0.2) is 0 Å². The van der Waals surface area contributed by atoms with Gasteiger partial charge in [0.25, 0.3) is 0 Å². The quantitative estimate of drug-likeness (QED) is 0.280. The maximum atomic E-state index is 14.9. The molecular weight excluding hydrogens is 582 g/mol. The van der Waals surface area contributed by atoms with Crippen molar-refractivity contribution in [3.63, 3.8) is 0 Å². The fourth-order valence-electron chi connectivity index (χ4n) is 8.59. The molecule has 0 spiro atoms. The Morgan fingerprint density at radius 1 is 0.848 bits per heavy atom. The molecule has 8 heteroatoms. The van der Waals surface area contributed by atoms with Crippen molar-refractivity contribution < 1.29 is 34.2 Å². The van der Waals surface area contributed by atoms with Crippen LogP contribution in [0, 0.1) is 23.7 Å². The lowest BCUT2D eigenvalue weighted by atomic mass is 9.44. The molecule has 1 saturated carbocycles. The number of amides is 2. The van der Waals surface area contributed by atoms with Crippen molar-refractivity contribution in [1.29, 1.82) is 0 Å². The second-order valence-corrected chi connectivity index (χ2v) is 12.7. The molecule has 8 nitrogen and oxygen atoms in total. The number of imide groups is 1. The van der Waals surface area contributed by atoms with Crippen molar-refractivity contribution in [2.24, 2.45) is 23.7 Å². The number of benzene rings is 3. The van der Waals surface area contributed by atoms with Crippen LogP contribution in [0.15, 0.2) is 103 Å². The Labute approximate surface area is 266 Å². The number of Topliss-reactive ketones (excluding diaryl/α,β-unsaturated/α-hetero) is 1. The van der Waals surface area contributed by atoms with E-state index in [-0.39, 0.29) is 54.9 Å². The number of allylic oxidation sites excluding steroid dienone is 4. The number of rotatable bonds is 7. The van der Waals surface area contributed by atoms with Crippen molar-refractivity contribution >= 4 is 34.9 Å². The zero-order chi connectivity index (χ0) is 32.2. The van der Waals surface area contributed by atoms with E-state index < -0.39 is 41.0 Å². The highest BCUT2D eigenvalue weighted by atomic mass is 16.4. The molecule has 3 aromatic rings. The Hall–Kier alpha value is -5.11. The van der Waals surface area contributed by atoms with E-state index in [9.17, 15) is 29.1 Å². The van der Waals surface area contributed by atoms with Gasteiger partial charge in [-0.15, -0.1) is 0 Å². The Morgan fingerprint density at radius 2 is 1.52 bits per heavy atom. The number of carbonyl (C=O) groups is 5. The van der Waals surface area contributed by atoms with E-state index in [0.717, 1.165) is 11.1 Å². The second-order valence-electron chi connectivity index (χ2n) is 12.7. The Kier molecular flexibility index (Phi) is 7.31. The molecule has 3 aromatic carbocycles. The number of hydrogen-bond acceptors (Lipinski definition) is 6. The van der Waals surface area contributed by atoms with Gasteiger partial charge in [0.2, 0.25) is 11.8 Å². The highest BCUT2D eigenvalue weighted by molar-refractivity contribution is 6.31. The van der Waals surface area contributed by atoms with Crippen LogP contribution in [0.2, 0.25) is 0 Å². The summed E-state index contributed by atoms with van der Waals surface area (Å²) >= 11 is 0. The lowest BCUT2D eigenvalue weighted by molar-refractivity contribution is -0.142. The summed E-state index contributed by atoms with van der Waals surface area (Å²) in [6.45, 7) is 0.0239. The first-order valence-corrected chi connectivity index (χ1v) is 15.7. The van der Waals surface area contributed by atoms with Crippen molar-refractivity contribution in [2.75, 3.05) is 6.54 Å². The number of fused-ring (bicyclic) bond motifs is 4. The summed E-state index contributed by atoms with van der Waals surface area (Å²) in [6, 6.07) is 25.1. The molecule has 0 bridgehead atoms. The minimum atomic E-state index is -1.32. The second kappa shape index (κ2) is 11.4. The molecule has 2 fully saturated rings. The fraction of sp³-hybridized carbons (Fsp3) is 0.289. The number of ketones is 2. The summed E-state index contributed by atoms with van der Waals surface area (Å²) in [5, 5.41) is 19.3. The van der Waals surface area contributed by atoms with Gasteiger partial charge in [0.15, 0.2) is 11.6 Å². The minimum Gasteiger partial charge on any atom is -0.508 e. The first kappa shape index (κ1) is 29.6. The number of phenols is 1. The maximum absolute atomic E-state index is 14.9. The molecule has 1 aliphatic heterocycles. The molecule has 4 aliphatic rings. The van der Waals surface area contributed by atoms with Crippen LogP contribution in [0.4, 0.5) is 0 Å². The van der Waals surface area contributed by atoms with Gasteiger partial charge in [-0.2, -0.15) is 0 Å². The van der Waals surface area contributed by atoms with Crippen LogP contribution in [0.3, 0.4) is 0 Å². The number of phenolic OH excluding ortho intramolecular Hbond substituents is 1.